The van der Waals surface area contributed by atoms with E-state index in [1.165, 1.54) is 0 Å². The molecule has 2 unspecified atom stereocenters. The molecule has 0 spiro atoms. The van der Waals surface area contributed by atoms with Gasteiger partial charge in [0.2, 0.25) is 5.91 Å². The molecule has 0 aromatic carbocycles. The molecule has 2 bridgehead atoms. The lowest BCUT2D eigenvalue weighted by Crippen LogP contribution is -2.52. The summed E-state index contributed by atoms with van der Waals surface area (Å²) in [7, 11) is 0. The average molecular weight is 307 g/mol. The number of nitrogens with zero attached hydrogens (tertiary/aromatic N) is 1. The summed E-state index contributed by atoms with van der Waals surface area (Å²) in [4.78, 5) is 27.7. The summed E-state index contributed by atoms with van der Waals surface area (Å²) < 4.78 is 5.66. The maximum Gasteiger partial charge on any atom is 0.310 e. The molecule has 4 rings (SSSR count). The van der Waals surface area contributed by atoms with Gasteiger partial charge in [0.1, 0.15) is 5.60 Å². The van der Waals surface area contributed by atoms with Crippen molar-refractivity contribution in [3.63, 3.8) is 0 Å². The molecule has 4 fully saturated rings. The second kappa shape index (κ2) is 5.86. The van der Waals surface area contributed by atoms with Gasteiger partial charge in [-0.15, -0.1) is 0 Å². The van der Waals surface area contributed by atoms with Crippen LogP contribution < -0.4 is 0 Å². The van der Waals surface area contributed by atoms with E-state index >= 15 is 0 Å². The molecule has 1 saturated heterocycles. The molecule has 1 aliphatic heterocycles. The molecule has 3 aliphatic carbocycles. The smallest absolute Gasteiger partial charge is 0.310 e. The molecule has 4 nitrogen and oxygen atoms in total. The zero-order valence-electron chi connectivity index (χ0n) is 14.1. The van der Waals surface area contributed by atoms with Gasteiger partial charge in [-0.1, -0.05) is 0 Å². The van der Waals surface area contributed by atoms with E-state index in [-0.39, 0.29) is 23.7 Å². The number of hydrogen-bond acceptors (Lipinski definition) is 3. The van der Waals surface area contributed by atoms with E-state index in [1.807, 2.05) is 25.7 Å². The quantitative estimate of drug-likeness (QED) is 0.737. The number of carbonyl (C=O) groups excluding carboxylic acids is 2. The van der Waals surface area contributed by atoms with Crippen molar-refractivity contribution < 1.29 is 14.3 Å². The van der Waals surface area contributed by atoms with E-state index in [9.17, 15) is 9.59 Å². The van der Waals surface area contributed by atoms with E-state index < -0.39 is 5.60 Å². The Labute approximate surface area is 133 Å². The van der Waals surface area contributed by atoms with Crippen LogP contribution in [-0.2, 0) is 14.3 Å². The maximum absolute atomic E-state index is 13.0. The van der Waals surface area contributed by atoms with Crippen LogP contribution in [0.1, 0.15) is 59.3 Å². The first kappa shape index (κ1) is 15.8. The fraction of sp³-hybridized carbons (Fsp3) is 0.889. The van der Waals surface area contributed by atoms with Crippen LogP contribution >= 0.6 is 0 Å². The van der Waals surface area contributed by atoms with Crippen LogP contribution in [0.2, 0.25) is 0 Å². The zero-order chi connectivity index (χ0) is 15.9. The predicted molar refractivity (Wildman–Crippen MR) is 84.1 cm³/mol. The van der Waals surface area contributed by atoms with E-state index in [0.29, 0.717) is 11.8 Å². The van der Waals surface area contributed by atoms with Crippen molar-refractivity contribution in [2.24, 2.45) is 23.7 Å². The van der Waals surface area contributed by atoms with Crippen LogP contribution in [0.5, 0.6) is 0 Å². The number of likely N-dealkylation sites (tertiary alicyclic amines) is 1. The second-order valence-electron chi connectivity index (χ2n) is 8.29. The highest BCUT2D eigenvalue weighted by Crippen LogP contribution is 2.50. The summed E-state index contributed by atoms with van der Waals surface area (Å²) in [6.45, 7) is 7.46. The third-order valence-corrected chi connectivity index (χ3v) is 5.60. The fourth-order valence-corrected chi connectivity index (χ4v) is 4.66. The van der Waals surface area contributed by atoms with Gasteiger partial charge in [-0.05, 0) is 71.1 Å². The Balaban J connectivity index is 1.80. The molecule has 0 aromatic rings. The molecule has 3 saturated carbocycles. The lowest BCUT2D eigenvalue weighted by molar-refractivity contribution is -0.175. The van der Waals surface area contributed by atoms with Crippen LogP contribution in [0.4, 0.5) is 0 Å². The van der Waals surface area contributed by atoms with Crippen molar-refractivity contribution in [3.8, 4) is 0 Å². The fourth-order valence-electron chi connectivity index (χ4n) is 4.66. The SMILES string of the molecule is CC(C)(C)OC(=O)C1C2CCC(CC2)C1C(=O)N1CCCC1. The molecule has 2 atom stereocenters. The minimum absolute atomic E-state index is 0.125. The second-order valence-corrected chi connectivity index (χ2v) is 8.29. The van der Waals surface area contributed by atoms with Gasteiger partial charge in [-0.25, -0.2) is 0 Å². The Kier molecular flexibility index (Phi) is 4.21. The largest absolute Gasteiger partial charge is 0.460 e. The lowest BCUT2D eigenvalue weighted by atomic mass is 9.58. The first-order valence-corrected chi connectivity index (χ1v) is 8.88. The average Bonchev–Trinajstić information content (AvgIpc) is 2.99. The molecule has 22 heavy (non-hydrogen) atoms. The zero-order valence-corrected chi connectivity index (χ0v) is 14.1. The first-order chi connectivity index (χ1) is 10.4. The van der Waals surface area contributed by atoms with Gasteiger partial charge in [0.25, 0.3) is 0 Å². The Morgan fingerprint density at radius 1 is 0.909 bits per heavy atom. The number of esters is 1. The van der Waals surface area contributed by atoms with Gasteiger partial charge in [-0.3, -0.25) is 9.59 Å². The summed E-state index contributed by atoms with van der Waals surface area (Å²) in [5.41, 5.74) is -0.477. The number of amides is 1. The molecule has 4 aliphatic rings. The number of carbonyl (C=O) groups is 2. The lowest BCUT2D eigenvalue weighted by Gasteiger charge is -2.47. The predicted octanol–water partition coefficient (Wildman–Crippen LogP) is 3.00. The van der Waals surface area contributed by atoms with Crippen molar-refractivity contribution in [1.29, 1.82) is 0 Å². The van der Waals surface area contributed by atoms with E-state index in [1.54, 1.807) is 0 Å². The first-order valence-electron chi connectivity index (χ1n) is 8.88. The van der Waals surface area contributed by atoms with E-state index in [0.717, 1.165) is 51.6 Å². The summed E-state index contributed by atoms with van der Waals surface area (Å²) in [5.74, 6) is 0.481. The van der Waals surface area contributed by atoms with Crippen LogP contribution in [0.15, 0.2) is 0 Å². The summed E-state index contributed by atoms with van der Waals surface area (Å²) in [5, 5.41) is 0. The number of fused-ring (bicyclic) bond motifs is 3. The van der Waals surface area contributed by atoms with Crippen molar-refractivity contribution in [2.45, 2.75) is 64.9 Å². The van der Waals surface area contributed by atoms with Gasteiger partial charge in [0.05, 0.1) is 11.8 Å². The molecule has 0 aromatic heterocycles. The molecule has 4 heteroatoms. The minimum Gasteiger partial charge on any atom is -0.460 e. The van der Waals surface area contributed by atoms with Gasteiger partial charge in [0, 0.05) is 13.1 Å². The molecular weight excluding hydrogens is 278 g/mol. The Hall–Kier alpha value is -1.06. The molecule has 1 heterocycles. The van der Waals surface area contributed by atoms with E-state index in [2.05, 4.69) is 0 Å². The molecule has 124 valence electrons. The minimum atomic E-state index is -0.477. The molecule has 0 N–H and O–H groups in total. The molecule has 1 amide bonds. The topological polar surface area (TPSA) is 46.6 Å². The summed E-state index contributed by atoms with van der Waals surface area (Å²) >= 11 is 0. The maximum atomic E-state index is 13.0. The normalized spacial score (nSPS) is 34.8. The summed E-state index contributed by atoms with van der Waals surface area (Å²) in [6.07, 6.45) is 6.58. The highest BCUT2D eigenvalue weighted by Gasteiger charge is 2.52. The van der Waals surface area contributed by atoms with Crippen LogP contribution in [0.25, 0.3) is 0 Å². The standard InChI is InChI=1S/C18H29NO3/c1-18(2,3)22-17(21)15-13-8-6-12(7-9-13)14(15)16(20)19-10-4-5-11-19/h12-15H,4-11H2,1-3H3. The van der Waals surface area contributed by atoms with Crippen molar-refractivity contribution >= 4 is 11.9 Å². The Morgan fingerprint density at radius 3 is 1.91 bits per heavy atom. The Bertz CT molecular complexity index is 440. The highest BCUT2D eigenvalue weighted by molar-refractivity contribution is 5.86. The highest BCUT2D eigenvalue weighted by atomic mass is 16.6. The number of hydrogen-bond donors (Lipinski definition) is 0. The monoisotopic (exact) mass is 307 g/mol. The van der Waals surface area contributed by atoms with E-state index in [4.69, 9.17) is 4.74 Å². The molecule has 0 radical (unpaired) electrons. The number of ether oxygens (including phenoxy) is 1. The number of rotatable bonds is 2. The van der Waals surface area contributed by atoms with Crippen LogP contribution in [0, 0.1) is 23.7 Å². The van der Waals surface area contributed by atoms with Gasteiger partial charge < -0.3 is 9.64 Å². The van der Waals surface area contributed by atoms with Crippen LogP contribution in [-0.4, -0.2) is 35.5 Å². The third kappa shape index (κ3) is 3.02. The van der Waals surface area contributed by atoms with Gasteiger partial charge in [-0.2, -0.15) is 0 Å². The summed E-state index contributed by atoms with van der Waals surface area (Å²) in [6, 6.07) is 0. The van der Waals surface area contributed by atoms with Crippen LogP contribution in [0.3, 0.4) is 0 Å². The third-order valence-electron chi connectivity index (χ3n) is 5.60. The Morgan fingerprint density at radius 2 is 1.41 bits per heavy atom. The van der Waals surface area contributed by atoms with Gasteiger partial charge >= 0.3 is 5.97 Å². The van der Waals surface area contributed by atoms with Crippen molar-refractivity contribution in [1.82, 2.24) is 4.90 Å². The van der Waals surface area contributed by atoms with Crippen molar-refractivity contribution in [3.05, 3.63) is 0 Å². The van der Waals surface area contributed by atoms with Gasteiger partial charge in [0.15, 0.2) is 0 Å². The van der Waals surface area contributed by atoms with Crippen molar-refractivity contribution in [2.75, 3.05) is 13.1 Å². The molecular formula is C18H29NO3.